The summed E-state index contributed by atoms with van der Waals surface area (Å²) in [6.45, 7) is 0. The van der Waals surface area contributed by atoms with Crippen molar-refractivity contribution in [1.82, 2.24) is 0 Å². The van der Waals surface area contributed by atoms with Crippen LogP contribution in [0.25, 0.3) is 76.2 Å². The molecule has 0 aliphatic rings. The summed E-state index contributed by atoms with van der Waals surface area (Å²) in [5.74, 6) is 0. The van der Waals surface area contributed by atoms with Gasteiger partial charge in [0.15, 0.2) is 0 Å². The van der Waals surface area contributed by atoms with E-state index >= 15 is 0 Å². The van der Waals surface area contributed by atoms with Gasteiger partial charge in [-0.3, -0.25) is 0 Å². The number of hydrogen-bond donors (Lipinski definition) is 0. The second-order valence-electron chi connectivity index (χ2n) is 12.5. The Bertz CT molecular complexity index is 2840. The van der Waals surface area contributed by atoms with Crippen LogP contribution in [-0.4, -0.2) is 0 Å². The van der Waals surface area contributed by atoms with E-state index in [1.165, 1.54) is 54.2 Å². The highest BCUT2D eigenvalue weighted by atomic mass is 16.3. The third-order valence-corrected chi connectivity index (χ3v) is 9.83. The van der Waals surface area contributed by atoms with Crippen molar-refractivity contribution in [1.29, 1.82) is 0 Å². The maximum absolute atomic E-state index is 6.22. The molecule has 1 aromatic heterocycles. The van der Waals surface area contributed by atoms with Gasteiger partial charge in [0.25, 0.3) is 0 Å². The van der Waals surface area contributed by atoms with Crippen LogP contribution in [0.5, 0.6) is 0 Å². The number of benzene rings is 9. The van der Waals surface area contributed by atoms with Gasteiger partial charge >= 0.3 is 0 Å². The predicted octanol–water partition coefficient (Wildman–Crippen LogP) is 13.3. The lowest BCUT2D eigenvalue weighted by Gasteiger charge is -2.26. The van der Waals surface area contributed by atoms with Gasteiger partial charge in [-0.1, -0.05) is 127 Å². The number of hydrogen-bond acceptors (Lipinski definition) is 2. The van der Waals surface area contributed by atoms with E-state index in [1.54, 1.807) is 0 Å². The Labute approximate surface area is 277 Å². The molecule has 0 radical (unpaired) electrons. The third-order valence-electron chi connectivity index (χ3n) is 9.83. The first kappa shape index (κ1) is 26.8. The second-order valence-corrected chi connectivity index (χ2v) is 12.5. The first-order valence-electron chi connectivity index (χ1n) is 16.4. The van der Waals surface area contributed by atoms with Gasteiger partial charge in [-0.15, -0.1) is 0 Å². The fraction of sp³-hybridized carbons (Fsp3) is 0. The van der Waals surface area contributed by atoms with Crippen LogP contribution >= 0.6 is 0 Å². The van der Waals surface area contributed by atoms with E-state index in [9.17, 15) is 0 Å². The van der Waals surface area contributed by atoms with Crippen molar-refractivity contribution in [3.8, 4) is 11.1 Å². The highest BCUT2D eigenvalue weighted by molar-refractivity contribution is 6.18. The van der Waals surface area contributed by atoms with Crippen molar-refractivity contribution < 1.29 is 4.42 Å². The quantitative estimate of drug-likeness (QED) is 0.184. The Hall–Kier alpha value is -6.38. The van der Waals surface area contributed by atoms with E-state index in [4.69, 9.17) is 4.42 Å². The van der Waals surface area contributed by atoms with E-state index in [1.807, 2.05) is 12.1 Å². The Morgan fingerprint density at radius 1 is 0.312 bits per heavy atom. The first-order chi connectivity index (χ1) is 23.8. The van der Waals surface area contributed by atoms with Crippen LogP contribution in [0.2, 0.25) is 0 Å². The van der Waals surface area contributed by atoms with Crippen molar-refractivity contribution in [2.45, 2.75) is 0 Å². The Morgan fingerprint density at radius 2 is 0.854 bits per heavy atom. The predicted molar refractivity (Wildman–Crippen MR) is 204 cm³/mol. The molecule has 10 rings (SSSR count). The highest BCUT2D eigenvalue weighted by Crippen LogP contribution is 2.42. The van der Waals surface area contributed by atoms with Crippen LogP contribution in [0.15, 0.2) is 180 Å². The summed E-state index contributed by atoms with van der Waals surface area (Å²) in [4.78, 5) is 2.37. The minimum atomic E-state index is 0.891. The van der Waals surface area contributed by atoms with Crippen LogP contribution in [0.3, 0.4) is 0 Å². The monoisotopic (exact) mass is 611 g/mol. The van der Waals surface area contributed by atoms with Crippen molar-refractivity contribution >= 4 is 82.1 Å². The number of para-hydroxylation sites is 1. The summed E-state index contributed by atoms with van der Waals surface area (Å²) >= 11 is 0. The molecule has 10 aromatic rings. The van der Waals surface area contributed by atoms with Gasteiger partial charge in [-0.2, -0.15) is 0 Å². The maximum atomic E-state index is 6.22. The first-order valence-corrected chi connectivity index (χ1v) is 16.4. The summed E-state index contributed by atoms with van der Waals surface area (Å²) in [6.07, 6.45) is 0. The molecular weight excluding hydrogens is 583 g/mol. The zero-order valence-electron chi connectivity index (χ0n) is 26.1. The van der Waals surface area contributed by atoms with E-state index < -0.39 is 0 Å². The fourth-order valence-electron chi connectivity index (χ4n) is 7.51. The van der Waals surface area contributed by atoms with Gasteiger partial charge in [0.2, 0.25) is 0 Å². The molecule has 0 N–H and O–H groups in total. The summed E-state index contributed by atoms with van der Waals surface area (Å²) in [7, 11) is 0. The minimum absolute atomic E-state index is 0.891. The molecule has 2 heteroatoms. The van der Waals surface area contributed by atoms with Crippen molar-refractivity contribution in [3.63, 3.8) is 0 Å². The second kappa shape index (κ2) is 10.6. The normalized spacial score (nSPS) is 11.8. The number of anilines is 3. The van der Waals surface area contributed by atoms with Gasteiger partial charge in [0, 0.05) is 27.8 Å². The van der Waals surface area contributed by atoms with Crippen LogP contribution in [0.4, 0.5) is 17.1 Å². The fourth-order valence-corrected chi connectivity index (χ4v) is 7.51. The largest absolute Gasteiger partial charge is 0.456 e. The molecule has 0 saturated carbocycles. The lowest BCUT2D eigenvalue weighted by molar-refractivity contribution is 0.669. The van der Waals surface area contributed by atoms with Gasteiger partial charge in [-0.05, 0) is 103 Å². The molecule has 0 bridgehead atoms. The molecule has 9 aromatic carbocycles. The molecule has 2 nitrogen and oxygen atoms in total. The number of rotatable bonds is 4. The number of furan rings is 1. The molecule has 48 heavy (non-hydrogen) atoms. The zero-order valence-corrected chi connectivity index (χ0v) is 26.1. The van der Waals surface area contributed by atoms with E-state index in [-0.39, 0.29) is 0 Å². The van der Waals surface area contributed by atoms with Crippen molar-refractivity contribution in [2.75, 3.05) is 4.90 Å². The van der Waals surface area contributed by atoms with Gasteiger partial charge in [0.1, 0.15) is 11.2 Å². The molecule has 0 spiro atoms. The molecule has 1 heterocycles. The van der Waals surface area contributed by atoms with Crippen LogP contribution in [0.1, 0.15) is 0 Å². The lowest BCUT2D eigenvalue weighted by Crippen LogP contribution is -2.09. The van der Waals surface area contributed by atoms with Gasteiger partial charge in [0.05, 0.1) is 0 Å². The molecular formula is C46H29NO. The van der Waals surface area contributed by atoms with E-state index in [2.05, 4.69) is 169 Å². The third kappa shape index (κ3) is 4.20. The molecule has 0 fully saturated rings. The number of nitrogens with zero attached hydrogens (tertiary/aromatic N) is 1. The van der Waals surface area contributed by atoms with Crippen molar-refractivity contribution in [3.05, 3.63) is 176 Å². The summed E-state index contributed by atoms with van der Waals surface area (Å²) in [6, 6.07) is 63.5. The highest BCUT2D eigenvalue weighted by Gasteiger charge is 2.17. The average molecular weight is 612 g/mol. The lowest BCUT2D eigenvalue weighted by atomic mass is 9.96. The van der Waals surface area contributed by atoms with Crippen molar-refractivity contribution in [2.24, 2.45) is 0 Å². The van der Waals surface area contributed by atoms with Crippen LogP contribution in [0, 0.1) is 0 Å². The minimum Gasteiger partial charge on any atom is -0.456 e. The molecule has 0 saturated heterocycles. The summed E-state index contributed by atoms with van der Waals surface area (Å²) in [5, 5.41) is 12.3. The molecule has 0 aliphatic heterocycles. The average Bonchev–Trinajstić information content (AvgIpc) is 3.53. The summed E-state index contributed by atoms with van der Waals surface area (Å²) < 4.78 is 6.22. The molecule has 0 aliphatic carbocycles. The molecule has 0 unspecified atom stereocenters. The smallest absolute Gasteiger partial charge is 0.135 e. The topological polar surface area (TPSA) is 16.4 Å². The Kier molecular flexibility index (Phi) is 5.91. The van der Waals surface area contributed by atoms with Gasteiger partial charge < -0.3 is 9.32 Å². The van der Waals surface area contributed by atoms with E-state index in [0.29, 0.717) is 0 Å². The zero-order chi connectivity index (χ0) is 31.6. The molecule has 224 valence electrons. The summed E-state index contributed by atoms with van der Waals surface area (Å²) in [5.41, 5.74) is 7.51. The molecule has 0 atom stereocenters. The Morgan fingerprint density at radius 3 is 1.67 bits per heavy atom. The maximum Gasteiger partial charge on any atom is 0.135 e. The number of fused-ring (bicyclic) bond motifs is 9. The SMILES string of the molecule is c1ccc2c(-c3ccc(N(c4ccc5ccc6c7ccccc7ccc6c5c4)c4ccc5oc6ccccc6c5c4)cc3)cccc2c1. The van der Waals surface area contributed by atoms with Crippen LogP contribution in [-0.2, 0) is 0 Å². The molecule has 0 amide bonds. The van der Waals surface area contributed by atoms with Crippen LogP contribution < -0.4 is 4.90 Å². The standard InChI is InChI=1S/C46H29NO/c1-3-11-37-30(8-1)10-7-14-38(37)32-16-21-34(22-17-32)47(36-24-27-46-44(29-36)42-13-5-6-15-45(42)48-46)35-23-18-33-20-25-40-39-12-4-2-9-31(39)19-26-41(40)43(33)28-35/h1-29H. The van der Waals surface area contributed by atoms with E-state index in [0.717, 1.165) is 39.0 Å². The Balaban J connectivity index is 1.18. The van der Waals surface area contributed by atoms with Gasteiger partial charge in [-0.25, -0.2) is 0 Å².